The van der Waals surface area contributed by atoms with Crippen molar-refractivity contribution >= 4 is 17.8 Å². The zero-order valence-electron chi connectivity index (χ0n) is 29.8. The summed E-state index contributed by atoms with van der Waals surface area (Å²) in [7, 11) is 1.90. The van der Waals surface area contributed by atoms with Crippen LogP contribution in [0.1, 0.15) is 90.4 Å². The Morgan fingerprint density at radius 3 is 2.37 bits per heavy atom. The molecule has 2 aliphatic heterocycles. The number of benzene rings is 1. The number of rotatable bonds is 11. The lowest BCUT2D eigenvalue weighted by Gasteiger charge is -2.33. The maximum atomic E-state index is 14.1. The van der Waals surface area contributed by atoms with Gasteiger partial charge in [-0.3, -0.25) is 14.3 Å². The van der Waals surface area contributed by atoms with Gasteiger partial charge in [-0.15, -0.1) is 0 Å². The average molecular weight is 678 g/mol. The predicted octanol–water partition coefficient (Wildman–Crippen LogP) is 5.57. The van der Waals surface area contributed by atoms with E-state index in [-0.39, 0.29) is 54.9 Å². The van der Waals surface area contributed by atoms with Crippen LogP contribution in [0.25, 0.3) is 11.3 Å². The molecule has 0 spiro atoms. The summed E-state index contributed by atoms with van der Waals surface area (Å²) in [5, 5.41) is 18.9. The molecule has 49 heavy (non-hydrogen) atoms. The monoisotopic (exact) mass is 677 g/mol. The fourth-order valence-electron chi connectivity index (χ4n) is 6.77. The molecule has 0 unspecified atom stereocenters. The second-order valence-corrected chi connectivity index (χ2v) is 14.9. The molecule has 4 heterocycles. The molecule has 2 amide bonds. The fraction of sp³-hybridized carbons (Fsp3) is 0.595. The van der Waals surface area contributed by atoms with E-state index in [1.807, 2.05) is 83.6 Å². The molecule has 1 aromatic carbocycles. The number of aliphatic hydroxyl groups is 1. The number of piperidine rings is 1. The molecule has 0 aliphatic carbocycles. The maximum Gasteiger partial charge on any atom is 0.410 e. The summed E-state index contributed by atoms with van der Waals surface area (Å²) < 4.78 is 18.9. The van der Waals surface area contributed by atoms with Crippen LogP contribution in [0.4, 0.5) is 4.79 Å². The number of ether oxygens (including phenoxy) is 2. The van der Waals surface area contributed by atoms with Gasteiger partial charge in [0.25, 0.3) is 5.88 Å². The first kappa shape index (κ1) is 36.1. The Morgan fingerprint density at radius 1 is 1.06 bits per heavy atom. The van der Waals surface area contributed by atoms with Crippen LogP contribution >= 0.6 is 0 Å². The number of likely N-dealkylation sites (tertiary alicyclic amines) is 2. The third kappa shape index (κ3) is 8.89. The number of Topliss-reactive ketones (excluding diaryl/α,β-unsaturated/α-hetero) is 1. The molecule has 0 radical (unpaired) electrons. The number of hydrogen-bond acceptors (Lipinski definition) is 9. The Hall–Kier alpha value is -4.19. The standard InChI is InChI=1S/C37H51N5O7/c1-23(2)34(32-20-33(39-49-32)47-22-25-13-16-41(17-14-25)36(46)48-37(4,5)6)35(45)42-21-28(43)19-30(42)31(44)18-24(3)26-8-10-27(11-9-26)29-12-15-38-40(29)7/h8-12,15,20,23-25,28,30,34,43H,13-14,16-19,21-22H2,1-7H3/t24-,28-,30+,34-/m1/s1. The molecule has 1 N–H and O–H groups in total. The van der Waals surface area contributed by atoms with E-state index < -0.39 is 23.7 Å². The Labute approximate surface area is 288 Å². The second kappa shape index (κ2) is 15.1. The first-order chi connectivity index (χ1) is 23.2. The maximum absolute atomic E-state index is 14.1. The summed E-state index contributed by atoms with van der Waals surface area (Å²) in [6, 6.07) is 11.0. The molecule has 12 nitrogen and oxygen atoms in total. The smallest absolute Gasteiger partial charge is 0.410 e. The van der Waals surface area contributed by atoms with Gasteiger partial charge in [0.2, 0.25) is 5.91 Å². The van der Waals surface area contributed by atoms with E-state index in [1.54, 1.807) is 17.2 Å². The molecule has 2 aromatic heterocycles. The third-order valence-corrected chi connectivity index (χ3v) is 9.52. The first-order valence-corrected chi connectivity index (χ1v) is 17.4. The van der Waals surface area contributed by atoms with Crippen LogP contribution < -0.4 is 4.74 Å². The van der Waals surface area contributed by atoms with Crippen LogP contribution in [-0.2, 0) is 21.4 Å². The summed E-state index contributed by atoms with van der Waals surface area (Å²) in [6.07, 6.45) is 2.68. The van der Waals surface area contributed by atoms with Crippen molar-refractivity contribution < 1.29 is 33.5 Å². The van der Waals surface area contributed by atoms with E-state index in [0.29, 0.717) is 31.3 Å². The van der Waals surface area contributed by atoms with Gasteiger partial charge in [-0.05, 0) is 73.7 Å². The SMILES string of the molecule is CC(C)[C@@H](C(=O)N1C[C@H](O)C[C@H]1C(=O)C[C@@H](C)c1ccc(-c2ccnn2C)cc1)c1cc(OCC2CCN(C(=O)OC(C)(C)C)CC2)no1. The summed E-state index contributed by atoms with van der Waals surface area (Å²) in [6.45, 7) is 13.1. The molecule has 5 rings (SSSR count). The molecule has 3 aromatic rings. The number of amides is 2. The average Bonchev–Trinajstić information content (AvgIpc) is 3.79. The number of hydrogen-bond donors (Lipinski definition) is 1. The number of aryl methyl sites for hydroxylation is 1. The fourth-order valence-corrected chi connectivity index (χ4v) is 6.77. The van der Waals surface area contributed by atoms with E-state index in [0.717, 1.165) is 29.7 Å². The molecule has 12 heteroatoms. The number of carbonyl (C=O) groups is 3. The van der Waals surface area contributed by atoms with E-state index >= 15 is 0 Å². The van der Waals surface area contributed by atoms with E-state index in [2.05, 4.69) is 10.3 Å². The van der Waals surface area contributed by atoms with Crippen LogP contribution in [0, 0.1) is 11.8 Å². The minimum absolute atomic E-state index is 0.0674. The number of β-amino-alcohol motifs (C(OH)–C–C–N with tert-alkyl or cyclic N) is 1. The Balaban J connectivity index is 1.17. The summed E-state index contributed by atoms with van der Waals surface area (Å²) >= 11 is 0. The van der Waals surface area contributed by atoms with Gasteiger partial charge in [0.05, 0.1) is 24.4 Å². The summed E-state index contributed by atoms with van der Waals surface area (Å²) in [5.74, 6) is -0.368. The zero-order valence-corrected chi connectivity index (χ0v) is 29.8. The minimum atomic E-state index is -0.783. The van der Waals surface area contributed by atoms with Gasteiger partial charge in [0.15, 0.2) is 11.5 Å². The van der Waals surface area contributed by atoms with E-state index in [4.69, 9.17) is 14.0 Å². The van der Waals surface area contributed by atoms with Gasteiger partial charge < -0.3 is 28.9 Å². The highest BCUT2D eigenvalue weighted by Crippen LogP contribution is 2.34. The van der Waals surface area contributed by atoms with Gasteiger partial charge >= 0.3 is 6.09 Å². The largest absolute Gasteiger partial charge is 0.475 e. The van der Waals surface area contributed by atoms with Crippen molar-refractivity contribution in [2.75, 3.05) is 26.2 Å². The van der Waals surface area contributed by atoms with Crippen molar-refractivity contribution in [3.63, 3.8) is 0 Å². The quantitative estimate of drug-likeness (QED) is 0.276. The lowest BCUT2D eigenvalue weighted by Crippen LogP contribution is -2.44. The van der Waals surface area contributed by atoms with Crippen molar-refractivity contribution in [1.82, 2.24) is 24.7 Å². The summed E-state index contributed by atoms with van der Waals surface area (Å²) in [4.78, 5) is 43.4. The Morgan fingerprint density at radius 2 is 1.76 bits per heavy atom. The van der Waals surface area contributed by atoms with Crippen molar-refractivity contribution in [3.05, 3.63) is 53.9 Å². The highest BCUT2D eigenvalue weighted by atomic mass is 16.6. The Bertz CT molecular complexity index is 1580. The van der Waals surface area contributed by atoms with Crippen LogP contribution in [0.5, 0.6) is 5.88 Å². The molecule has 2 saturated heterocycles. The lowest BCUT2D eigenvalue weighted by molar-refractivity contribution is -0.140. The number of carbonyl (C=O) groups excluding carboxylic acids is 3. The van der Waals surface area contributed by atoms with Crippen LogP contribution in [0.15, 0.2) is 47.1 Å². The highest BCUT2D eigenvalue weighted by Gasteiger charge is 2.43. The van der Waals surface area contributed by atoms with Gasteiger partial charge in [-0.2, -0.15) is 5.10 Å². The number of aliphatic hydroxyl groups excluding tert-OH is 1. The number of ketones is 1. The lowest BCUT2D eigenvalue weighted by atomic mass is 9.89. The normalized spacial score (nSPS) is 20.0. The topological polar surface area (TPSA) is 140 Å². The zero-order chi connectivity index (χ0) is 35.5. The molecule has 2 aliphatic rings. The van der Waals surface area contributed by atoms with Crippen molar-refractivity contribution in [1.29, 1.82) is 0 Å². The van der Waals surface area contributed by atoms with Crippen LogP contribution in [0.3, 0.4) is 0 Å². The first-order valence-electron chi connectivity index (χ1n) is 17.4. The molecule has 0 bridgehead atoms. The highest BCUT2D eigenvalue weighted by molar-refractivity contribution is 5.92. The predicted molar refractivity (Wildman–Crippen MR) is 183 cm³/mol. The van der Waals surface area contributed by atoms with Crippen LogP contribution in [-0.4, -0.2) is 91.6 Å². The van der Waals surface area contributed by atoms with Gasteiger partial charge in [-0.1, -0.05) is 45.0 Å². The van der Waals surface area contributed by atoms with Gasteiger partial charge in [-0.25, -0.2) is 4.79 Å². The minimum Gasteiger partial charge on any atom is -0.475 e. The van der Waals surface area contributed by atoms with Crippen LogP contribution in [0.2, 0.25) is 0 Å². The summed E-state index contributed by atoms with van der Waals surface area (Å²) in [5.41, 5.74) is 2.54. The third-order valence-electron chi connectivity index (χ3n) is 9.52. The van der Waals surface area contributed by atoms with Crippen molar-refractivity contribution in [2.24, 2.45) is 18.9 Å². The molecular weight excluding hydrogens is 626 g/mol. The number of nitrogens with zero attached hydrogens (tertiary/aromatic N) is 5. The van der Waals surface area contributed by atoms with Gasteiger partial charge in [0, 0.05) is 51.8 Å². The van der Waals surface area contributed by atoms with Gasteiger partial charge in [0.1, 0.15) is 11.5 Å². The molecule has 0 saturated carbocycles. The molecule has 2 fully saturated rings. The van der Waals surface area contributed by atoms with Crippen molar-refractivity contribution in [2.45, 2.75) is 96.8 Å². The molecule has 266 valence electrons. The molecular formula is C37H51N5O7. The Kier molecular flexibility index (Phi) is 11.2. The molecule has 4 atom stereocenters. The number of aromatic nitrogens is 3. The second-order valence-electron chi connectivity index (χ2n) is 14.9. The van der Waals surface area contributed by atoms with E-state index in [1.165, 1.54) is 4.90 Å². The van der Waals surface area contributed by atoms with E-state index in [9.17, 15) is 19.5 Å². The van der Waals surface area contributed by atoms with Crippen molar-refractivity contribution in [3.8, 4) is 17.1 Å².